The number of ether oxygens (including phenoxy) is 1. The van der Waals surface area contributed by atoms with Gasteiger partial charge in [-0.2, -0.15) is 0 Å². The van der Waals surface area contributed by atoms with Crippen molar-refractivity contribution in [3.8, 4) is 11.5 Å². The number of amides is 1. The summed E-state index contributed by atoms with van der Waals surface area (Å²) in [6.07, 6.45) is 0. The van der Waals surface area contributed by atoms with Crippen LogP contribution in [0, 0.1) is 6.92 Å². The lowest BCUT2D eigenvalue weighted by atomic mass is 10.2. The fourth-order valence-corrected chi connectivity index (χ4v) is 4.18. The Bertz CT molecular complexity index is 1120. The third-order valence-electron chi connectivity index (χ3n) is 4.08. The van der Waals surface area contributed by atoms with Gasteiger partial charge in [0.25, 0.3) is 5.91 Å². The molecule has 0 bridgehead atoms. The first kappa shape index (κ1) is 17.6. The number of anilines is 1. The zero-order chi connectivity index (χ0) is 18.8. The van der Waals surface area contributed by atoms with E-state index in [1.54, 1.807) is 0 Å². The molecule has 4 rings (SSSR count). The van der Waals surface area contributed by atoms with Crippen molar-refractivity contribution < 1.29 is 9.53 Å². The first-order valence-electron chi connectivity index (χ1n) is 8.43. The maximum atomic E-state index is 12.6. The molecule has 0 spiro atoms. The van der Waals surface area contributed by atoms with E-state index in [1.165, 1.54) is 11.3 Å². The van der Waals surface area contributed by atoms with E-state index in [2.05, 4.69) is 5.32 Å². The molecular weight excluding hydrogens is 378 g/mol. The monoisotopic (exact) mass is 393 g/mol. The highest BCUT2D eigenvalue weighted by Gasteiger charge is 2.17. The average molecular weight is 394 g/mol. The fraction of sp³-hybridized carbons (Fsp3) is 0.0455. The minimum absolute atomic E-state index is 0.214. The van der Waals surface area contributed by atoms with Gasteiger partial charge >= 0.3 is 0 Å². The number of halogens is 1. The van der Waals surface area contributed by atoms with Gasteiger partial charge < -0.3 is 10.1 Å². The quantitative estimate of drug-likeness (QED) is 0.409. The number of hydrogen-bond acceptors (Lipinski definition) is 3. The van der Waals surface area contributed by atoms with Crippen LogP contribution in [0.1, 0.15) is 15.2 Å². The van der Waals surface area contributed by atoms with Crippen molar-refractivity contribution in [3.63, 3.8) is 0 Å². The van der Waals surface area contributed by atoms with E-state index in [1.807, 2.05) is 79.7 Å². The summed E-state index contributed by atoms with van der Waals surface area (Å²) in [5.41, 5.74) is 1.82. The molecule has 0 saturated heterocycles. The highest BCUT2D eigenvalue weighted by atomic mass is 35.5. The van der Waals surface area contributed by atoms with Gasteiger partial charge in [-0.1, -0.05) is 41.9 Å². The van der Waals surface area contributed by atoms with Crippen molar-refractivity contribution in [2.45, 2.75) is 6.92 Å². The van der Waals surface area contributed by atoms with Crippen LogP contribution in [0.4, 0.5) is 5.69 Å². The molecule has 0 radical (unpaired) electrons. The molecule has 3 nitrogen and oxygen atoms in total. The van der Waals surface area contributed by atoms with E-state index in [9.17, 15) is 4.79 Å². The molecule has 0 aliphatic rings. The van der Waals surface area contributed by atoms with Crippen LogP contribution >= 0.6 is 22.9 Å². The Hall–Kier alpha value is -2.82. The molecular formula is C22H16ClNO2S. The van der Waals surface area contributed by atoms with Gasteiger partial charge in [-0.15, -0.1) is 11.3 Å². The number of carbonyl (C=O) groups is 1. The van der Waals surface area contributed by atoms with Crippen molar-refractivity contribution in [2.24, 2.45) is 0 Å². The van der Waals surface area contributed by atoms with Crippen LogP contribution in [0.3, 0.4) is 0 Å². The molecule has 1 aromatic heterocycles. The Kier molecular flexibility index (Phi) is 4.84. The second-order valence-electron chi connectivity index (χ2n) is 6.14. The number of thiophene rings is 1. The zero-order valence-corrected chi connectivity index (χ0v) is 16.1. The molecule has 134 valence electrons. The second-order valence-corrected chi connectivity index (χ2v) is 7.57. The van der Waals surface area contributed by atoms with Crippen LogP contribution in [0.25, 0.3) is 10.1 Å². The lowest BCUT2D eigenvalue weighted by Gasteiger charge is -2.08. The van der Waals surface area contributed by atoms with Gasteiger partial charge in [0, 0.05) is 15.8 Å². The number of nitrogens with one attached hydrogen (secondary N) is 1. The van der Waals surface area contributed by atoms with Gasteiger partial charge in [0.05, 0.1) is 5.02 Å². The lowest BCUT2D eigenvalue weighted by molar-refractivity contribution is 0.103. The van der Waals surface area contributed by atoms with E-state index in [0.717, 1.165) is 21.4 Å². The zero-order valence-electron chi connectivity index (χ0n) is 14.5. The summed E-state index contributed by atoms with van der Waals surface area (Å²) >= 11 is 7.76. The third-order valence-corrected chi connectivity index (χ3v) is 5.75. The van der Waals surface area contributed by atoms with Crippen LogP contribution in [0.15, 0.2) is 72.8 Å². The highest BCUT2D eigenvalue weighted by molar-refractivity contribution is 7.21. The average Bonchev–Trinajstić information content (AvgIpc) is 3.01. The van der Waals surface area contributed by atoms with Crippen LogP contribution in [-0.2, 0) is 0 Å². The number of benzene rings is 3. The van der Waals surface area contributed by atoms with Gasteiger partial charge in [0.2, 0.25) is 0 Å². The van der Waals surface area contributed by atoms with Crippen LogP contribution < -0.4 is 10.1 Å². The maximum absolute atomic E-state index is 12.6. The number of rotatable bonds is 4. The number of aryl methyl sites for hydroxylation is 1. The predicted octanol–water partition coefficient (Wildman–Crippen LogP) is 6.91. The van der Waals surface area contributed by atoms with Gasteiger partial charge in [0.1, 0.15) is 16.4 Å². The molecule has 27 heavy (non-hydrogen) atoms. The van der Waals surface area contributed by atoms with Crippen LogP contribution in [-0.4, -0.2) is 5.91 Å². The molecule has 0 unspecified atom stereocenters. The SMILES string of the molecule is Cc1cccc(Oc2ccc(NC(=O)c3sc4ccccc4c3Cl)cc2)c1. The van der Waals surface area contributed by atoms with Crippen molar-refractivity contribution in [3.05, 3.63) is 88.3 Å². The predicted molar refractivity (Wildman–Crippen MR) is 112 cm³/mol. The van der Waals surface area contributed by atoms with Gasteiger partial charge in [-0.05, 0) is 55.0 Å². The van der Waals surface area contributed by atoms with Gasteiger partial charge in [0.15, 0.2) is 0 Å². The molecule has 0 saturated carbocycles. The summed E-state index contributed by atoms with van der Waals surface area (Å²) in [6, 6.07) is 22.8. The lowest BCUT2D eigenvalue weighted by Crippen LogP contribution is -2.10. The van der Waals surface area contributed by atoms with E-state index in [0.29, 0.717) is 21.3 Å². The summed E-state index contributed by atoms with van der Waals surface area (Å²) in [6.45, 7) is 2.02. The van der Waals surface area contributed by atoms with Crippen LogP contribution in [0.5, 0.6) is 11.5 Å². The fourth-order valence-electron chi connectivity index (χ4n) is 2.77. The van der Waals surface area contributed by atoms with E-state index >= 15 is 0 Å². The summed E-state index contributed by atoms with van der Waals surface area (Å²) in [4.78, 5) is 13.1. The molecule has 4 aromatic rings. The van der Waals surface area contributed by atoms with Gasteiger partial charge in [-0.25, -0.2) is 0 Å². The Labute approximate surface area is 166 Å². The third kappa shape index (κ3) is 3.82. The normalized spacial score (nSPS) is 10.7. The smallest absolute Gasteiger partial charge is 0.267 e. The summed E-state index contributed by atoms with van der Waals surface area (Å²) < 4.78 is 6.83. The molecule has 3 aromatic carbocycles. The van der Waals surface area contributed by atoms with Crippen molar-refractivity contribution in [1.82, 2.24) is 0 Å². The van der Waals surface area contributed by atoms with Gasteiger partial charge in [-0.3, -0.25) is 4.79 Å². The minimum Gasteiger partial charge on any atom is -0.457 e. The number of hydrogen-bond donors (Lipinski definition) is 1. The number of fused-ring (bicyclic) bond motifs is 1. The van der Waals surface area contributed by atoms with Crippen molar-refractivity contribution >= 4 is 44.6 Å². The first-order chi connectivity index (χ1) is 13.1. The van der Waals surface area contributed by atoms with E-state index in [-0.39, 0.29) is 5.91 Å². The number of carbonyl (C=O) groups excluding carboxylic acids is 1. The molecule has 1 N–H and O–H groups in total. The molecule has 1 amide bonds. The summed E-state index contributed by atoms with van der Waals surface area (Å²) in [7, 11) is 0. The molecule has 0 fully saturated rings. The summed E-state index contributed by atoms with van der Waals surface area (Å²) in [5, 5.41) is 4.28. The van der Waals surface area contributed by atoms with Crippen molar-refractivity contribution in [2.75, 3.05) is 5.32 Å². The van der Waals surface area contributed by atoms with E-state index in [4.69, 9.17) is 16.3 Å². The Morgan fingerprint density at radius 1 is 0.963 bits per heavy atom. The van der Waals surface area contributed by atoms with Crippen molar-refractivity contribution in [1.29, 1.82) is 0 Å². The Morgan fingerprint density at radius 3 is 2.48 bits per heavy atom. The molecule has 0 aliphatic heterocycles. The van der Waals surface area contributed by atoms with Crippen LogP contribution in [0.2, 0.25) is 5.02 Å². The minimum atomic E-state index is -0.214. The largest absolute Gasteiger partial charge is 0.457 e. The standard InChI is InChI=1S/C22H16ClNO2S/c1-14-5-4-6-17(13-14)26-16-11-9-15(10-12-16)24-22(25)21-20(23)18-7-2-3-8-19(18)27-21/h2-13H,1H3,(H,24,25). The second kappa shape index (κ2) is 7.43. The highest BCUT2D eigenvalue weighted by Crippen LogP contribution is 2.35. The topological polar surface area (TPSA) is 38.3 Å². The Balaban J connectivity index is 1.49. The maximum Gasteiger partial charge on any atom is 0.267 e. The molecule has 0 aliphatic carbocycles. The Morgan fingerprint density at radius 2 is 1.74 bits per heavy atom. The molecule has 0 atom stereocenters. The molecule has 5 heteroatoms. The summed E-state index contributed by atoms with van der Waals surface area (Å²) in [5.74, 6) is 1.27. The van der Waals surface area contributed by atoms with E-state index < -0.39 is 0 Å². The first-order valence-corrected chi connectivity index (χ1v) is 9.62. The molecule has 1 heterocycles.